The quantitative estimate of drug-likeness (QED) is 0.836. The van der Waals surface area contributed by atoms with Gasteiger partial charge in [-0.3, -0.25) is 9.69 Å². The van der Waals surface area contributed by atoms with E-state index < -0.39 is 0 Å². The van der Waals surface area contributed by atoms with Crippen LogP contribution in [0, 0.1) is 0 Å². The Balaban J connectivity index is 1.33. The molecule has 1 fully saturated rings. The van der Waals surface area contributed by atoms with Crippen molar-refractivity contribution in [2.45, 2.75) is 77.0 Å². The highest BCUT2D eigenvalue weighted by Crippen LogP contribution is 2.21. The van der Waals surface area contributed by atoms with Crippen molar-refractivity contribution in [1.29, 1.82) is 0 Å². The molecule has 5 nitrogen and oxygen atoms in total. The number of rotatable bonds is 6. The lowest BCUT2D eigenvalue weighted by Gasteiger charge is -2.33. The number of fused-ring (bicyclic) bond motifs is 1. The van der Waals surface area contributed by atoms with Gasteiger partial charge < -0.3 is 9.88 Å². The van der Waals surface area contributed by atoms with E-state index in [1.165, 1.54) is 30.5 Å². The number of aryl methyl sites for hydroxylation is 2. The Kier molecular flexibility index (Phi) is 6.10. The number of imidazole rings is 1. The zero-order chi connectivity index (χ0) is 19.3. The molecule has 4 rings (SSSR count). The van der Waals surface area contributed by atoms with Crippen molar-refractivity contribution in [3.63, 3.8) is 0 Å². The normalized spacial score (nSPS) is 19.2. The number of carbonyl (C=O) groups is 1. The summed E-state index contributed by atoms with van der Waals surface area (Å²) in [6.07, 6.45) is 10.0. The van der Waals surface area contributed by atoms with Gasteiger partial charge in [-0.1, -0.05) is 49.6 Å². The Bertz CT molecular complexity index is 779. The smallest absolute Gasteiger partial charge is 0.237 e. The molecule has 1 aliphatic carbocycles. The Labute approximate surface area is 168 Å². The molecule has 28 heavy (non-hydrogen) atoms. The predicted octanol–water partition coefficient (Wildman–Crippen LogP) is 3.32. The van der Waals surface area contributed by atoms with Crippen molar-refractivity contribution in [3.8, 4) is 0 Å². The molecule has 1 aliphatic heterocycles. The highest BCUT2D eigenvalue weighted by atomic mass is 16.2. The number of amides is 1. The average Bonchev–Trinajstić information content (AvgIpc) is 3.15. The van der Waals surface area contributed by atoms with Gasteiger partial charge in [0.15, 0.2) is 0 Å². The number of aromatic nitrogens is 2. The Morgan fingerprint density at radius 3 is 2.79 bits per heavy atom. The summed E-state index contributed by atoms with van der Waals surface area (Å²) in [6, 6.07) is 10.9. The van der Waals surface area contributed by atoms with E-state index in [9.17, 15) is 4.79 Å². The second-order valence-corrected chi connectivity index (χ2v) is 8.31. The van der Waals surface area contributed by atoms with Crippen molar-refractivity contribution >= 4 is 5.91 Å². The zero-order valence-corrected chi connectivity index (χ0v) is 16.9. The lowest BCUT2D eigenvalue weighted by Crippen LogP contribution is -2.50. The molecule has 1 saturated carbocycles. The van der Waals surface area contributed by atoms with Gasteiger partial charge >= 0.3 is 0 Å². The van der Waals surface area contributed by atoms with E-state index in [0.29, 0.717) is 6.04 Å². The molecule has 5 heteroatoms. The molecule has 1 aromatic heterocycles. The molecular weight excluding hydrogens is 348 g/mol. The first-order valence-electron chi connectivity index (χ1n) is 10.8. The summed E-state index contributed by atoms with van der Waals surface area (Å²) in [5.74, 6) is 0.180. The first kappa shape index (κ1) is 19.2. The first-order chi connectivity index (χ1) is 13.7. The average molecular weight is 381 g/mol. The highest BCUT2D eigenvalue weighted by molar-refractivity contribution is 5.81. The maximum atomic E-state index is 12.7. The lowest BCUT2D eigenvalue weighted by molar-refractivity contribution is -0.127. The van der Waals surface area contributed by atoms with Crippen LogP contribution in [0.15, 0.2) is 36.7 Å². The second kappa shape index (κ2) is 8.91. The van der Waals surface area contributed by atoms with Gasteiger partial charge in [0.25, 0.3) is 0 Å². The van der Waals surface area contributed by atoms with Crippen molar-refractivity contribution in [1.82, 2.24) is 19.8 Å². The van der Waals surface area contributed by atoms with Crippen LogP contribution in [0.1, 0.15) is 56.0 Å². The summed E-state index contributed by atoms with van der Waals surface area (Å²) in [7, 11) is 0. The van der Waals surface area contributed by atoms with Crippen LogP contribution >= 0.6 is 0 Å². The molecule has 1 atom stereocenters. The zero-order valence-electron chi connectivity index (χ0n) is 16.9. The molecule has 2 aliphatic rings. The van der Waals surface area contributed by atoms with E-state index in [4.69, 9.17) is 0 Å². The predicted molar refractivity (Wildman–Crippen MR) is 111 cm³/mol. The van der Waals surface area contributed by atoms with Crippen LogP contribution in [0.2, 0.25) is 0 Å². The summed E-state index contributed by atoms with van der Waals surface area (Å²) < 4.78 is 2.30. The van der Waals surface area contributed by atoms with Crippen molar-refractivity contribution < 1.29 is 4.79 Å². The Hall–Kier alpha value is -2.14. The van der Waals surface area contributed by atoms with E-state index in [1.807, 2.05) is 13.3 Å². The fourth-order valence-electron chi connectivity index (χ4n) is 4.54. The van der Waals surface area contributed by atoms with Crippen LogP contribution in [0.3, 0.4) is 0 Å². The molecular formula is C23H32N4O. The van der Waals surface area contributed by atoms with E-state index in [0.717, 1.165) is 51.0 Å². The number of nitrogens with zero attached hydrogens (tertiary/aromatic N) is 3. The summed E-state index contributed by atoms with van der Waals surface area (Å²) in [4.78, 5) is 19.6. The third kappa shape index (κ3) is 4.46. The van der Waals surface area contributed by atoms with Crippen LogP contribution in [-0.2, 0) is 30.7 Å². The summed E-state index contributed by atoms with van der Waals surface area (Å²) in [5.41, 5.74) is 3.83. The van der Waals surface area contributed by atoms with E-state index in [1.54, 1.807) is 0 Å². The van der Waals surface area contributed by atoms with Gasteiger partial charge in [-0.2, -0.15) is 0 Å². The van der Waals surface area contributed by atoms with E-state index in [-0.39, 0.29) is 11.9 Å². The van der Waals surface area contributed by atoms with Crippen LogP contribution in [0.4, 0.5) is 0 Å². The molecule has 1 N–H and O–H groups in total. The SMILES string of the molecule is CC(C(=O)NC1CCCCC1)N1CCc2c(ncn2CCc2ccccc2)C1. The molecule has 2 heterocycles. The summed E-state index contributed by atoms with van der Waals surface area (Å²) in [5, 5.41) is 3.28. The van der Waals surface area contributed by atoms with Gasteiger partial charge in [0.05, 0.1) is 18.1 Å². The first-order valence-corrected chi connectivity index (χ1v) is 10.8. The van der Waals surface area contributed by atoms with Crippen molar-refractivity contribution in [3.05, 3.63) is 53.6 Å². The van der Waals surface area contributed by atoms with Crippen molar-refractivity contribution in [2.24, 2.45) is 0 Å². The Morgan fingerprint density at radius 1 is 1.21 bits per heavy atom. The second-order valence-electron chi connectivity index (χ2n) is 8.31. The standard InChI is InChI=1S/C23H32N4O/c1-18(23(28)25-20-10-6-3-7-11-20)26-15-13-22-21(16-26)24-17-27(22)14-12-19-8-4-2-5-9-19/h2,4-5,8-9,17-18,20H,3,6-7,10-16H2,1H3,(H,25,28). The molecule has 1 amide bonds. The minimum Gasteiger partial charge on any atom is -0.352 e. The third-order valence-corrected chi connectivity index (χ3v) is 6.38. The van der Waals surface area contributed by atoms with Gasteiger partial charge in [0.2, 0.25) is 5.91 Å². The summed E-state index contributed by atoms with van der Waals surface area (Å²) in [6.45, 7) is 4.69. The molecule has 150 valence electrons. The minimum atomic E-state index is -0.0930. The Morgan fingerprint density at radius 2 is 2.00 bits per heavy atom. The molecule has 0 spiro atoms. The van der Waals surface area contributed by atoms with Gasteiger partial charge in [-0.05, 0) is 31.7 Å². The molecule has 2 aromatic rings. The molecule has 1 aromatic carbocycles. The van der Waals surface area contributed by atoms with Gasteiger partial charge in [0.1, 0.15) is 0 Å². The molecule has 1 unspecified atom stereocenters. The molecule has 0 saturated heterocycles. The topological polar surface area (TPSA) is 50.2 Å². The number of carbonyl (C=O) groups excluding carboxylic acids is 1. The number of nitrogens with one attached hydrogen (secondary N) is 1. The number of hydrogen-bond donors (Lipinski definition) is 1. The van der Waals surface area contributed by atoms with Crippen molar-refractivity contribution in [2.75, 3.05) is 6.54 Å². The highest BCUT2D eigenvalue weighted by Gasteiger charge is 2.29. The van der Waals surface area contributed by atoms with Gasteiger partial charge in [0, 0.05) is 37.8 Å². The van der Waals surface area contributed by atoms with Crippen LogP contribution < -0.4 is 5.32 Å². The van der Waals surface area contributed by atoms with Crippen LogP contribution in [-0.4, -0.2) is 39.0 Å². The van der Waals surface area contributed by atoms with Crippen LogP contribution in [0.5, 0.6) is 0 Å². The van der Waals surface area contributed by atoms with Gasteiger partial charge in [-0.15, -0.1) is 0 Å². The molecule has 0 bridgehead atoms. The fraction of sp³-hybridized carbons (Fsp3) is 0.565. The van der Waals surface area contributed by atoms with E-state index >= 15 is 0 Å². The number of benzene rings is 1. The third-order valence-electron chi connectivity index (χ3n) is 6.38. The lowest BCUT2D eigenvalue weighted by atomic mass is 9.95. The maximum Gasteiger partial charge on any atom is 0.237 e. The largest absolute Gasteiger partial charge is 0.352 e. The van der Waals surface area contributed by atoms with Gasteiger partial charge in [-0.25, -0.2) is 4.98 Å². The van der Waals surface area contributed by atoms with E-state index in [2.05, 4.69) is 50.1 Å². The summed E-state index contributed by atoms with van der Waals surface area (Å²) >= 11 is 0. The minimum absolute atomic E-state index is 0.0930. The van der Waals surface area contributed by atoms with Crippen LogP contribution in [0.25, 0.3) is 0 Å². The molecule has 0 radical (unpaired) electrons. The fourth-order valence-corrected chi connectivity index (χ4v) is 4.54. The maximum absolute atomic E-state index is 12.7. The monoisotopic (exact) mass is 380 g/mol. The number of hydrogen-bond acceptors (Lipinski definition) is 3.